The van der Waals surface area contributed by atoms with E-state index < -0.39 is 0 Å². The maximum atomic E-state index is 12.4. The van der Waals surface area contributed by atoms with Crippen LogP contribution in [0, 0.1) is 5.92 Å². The fourth-order valence-electron chi connectivity index (χ4n) is 3.87. The predicted octanol–water partition coefficient (Wildman–Crippen LogP) is 5.80. The molecule has 1 fully saturated rings. The molecule has 0 radical (unpaired) electrons. The number of carbonyl (C=O) groups is 1. The van der Waals surface area contributed by atoms with Crippen molar-refractivity contribution in [3.05, 3.63) is 70.2 Å². The molecule has 1 aliphatic rings. The zero-order valence-corrected chi connectivity index (χ0v) is 22.1. The van der Waals surface area contributed by atoms with E-state index in [0.29, 0.717) is 30.3 Å². The standard InChI is InChI=1S/C28H35N3O3S/c1-28(2,3)24-18-35-27(30-24)31(17-22-7-6-8-23(33-4)25(22)34-5)16-20-11-13-21(14-12-20)26(32)29-15-19-9-10-19/h6-8,11-14,18-19H,9-10,15-17H2,1-5H3,(H,29,32). The van der Waals surface area contributed by atoms with Crippen LogP contribution < -0.4 is 19.7 Å². The minimum Gasteiger partial charge on any atom is -0.493 e. The highest BCUT2D eigenvalue weighted by atomic mass is 32.1. The lowest BCUT2D eigenvalue weighted by atomic mass is 9.93. The van der Waals surface area contributed by atoms with Crippen LogP contribution in [0.3, 0.4) is 0 Å². The smallest absolute Gasteiger partial charge is 0.251 e. The highest BCUT2D eigenvalue weighted by Gasteiger charge is 2.23. The third-order valence-corrected chi connectivity index (χ3v) is 7.12. The van der Waals surface area contributed by atoms with Gasteiger partial charge in [-0.1, -0.05) is 45.0 Å². The lowest BCUT2D eigenvalue weighted by Gasteiger charge is -2.24. The Morgan fingerprint density at radius 2 is 1.83 bits per heavy atom. The monoisotopic (exact) mass is 493 g/mol. The second-order valence-corrected chi connectivity index (χ2v) is 11.0. The van der Waals surface area contributed by atoms with Crippen molar-refractivity contribution in [1.82, 2.24) is 10.3 Å². The molecule has 2 aromatic carbocycles. The molecular weight excluding hydrogens is 458 g/mol. The van der Waals surface area contributed by atoms with Crippen molar-refractivity contribution in [2.24, 2.45) is 5.92 Å². The fraction of sp³-hybridized carbons (Fsp3) is 0.429. The van der Waals surface area contributed by atoms with E-state index in [9.17, 15) is 4.79 Å². The Labute approximate surface area is 212 Å². The molecule has 1 N–H and O–H groups in total. The van der Waals surface area contributed by atoms with Gasteiger partial charge in [0.15, 0.2) is 16.6 Å². The van der Waals surface area contributed by atoms with Crippen molar-refractivity contribution in [3.63, 3.8) is 0 Å². The Hall–Kier alpha value is -3.06. The first-order chi connectivity index (χ1) is 16.8. The number of thiazole rings is 1. The first kappa shape index (κ1) is 25.0. The number of hydrogen-bond donors (Lipinski definition) is 1. The fourth-order valence-corrected chi connectivity index (χ4v) is 4.92. The normalized spacial score (nSPS) is 13.4. The van der Waals surface area contributed by atoms with Gasteiger partial charge in [0.1, 0.15) is 0 Å². The van der Waals surface area contributed by atoms with Crippen molar-refractivity contribution >= 4 is 22.4 Å². The Morgan fingerprint density at radius 1 is 1.09 bits per heavy atom. The van der Waals surface area contributed by atoms with E-state index in [2.05, 4.69) is 42.4 Å². The van der Waals surface area contributed by atoms with Gasteiger partial charge in [0.05, 0.1) is 19.9 Å². The third-order valence-electron chi connectivity index (χ3n) is 6.21. The zero-order valence-electron chi connectivity index (χ0n) is 21.3. The molecule has 3 aromatic rings. The summed E-state index contributed by atoms with van der Waals surface area (Å²) in [6.07, 6.45) is 2.45. The molecule has 6 nitrogen and oxygen atoms in total. The molecule has 1 heterocycles. The molecule has 4 rings (SSSR count). The average Bonchev–Trinajstić information content (AvgIpc) is 3.53. The van der Waals surface area contributed by atoms with Crippen molar-refractivity contribution < 1.29 is 14.3 Å². The molecule has 7 heteroatoms. The van der Waals surface area contributed by atoms with E-state index in [4.69, 9.17) is 14.5 Å². The maximum Gasteiger partial charge on any atom is 0.251 e. The lowest BCUT2D eigenvalue weighted by Crippen LogP contribution is -2.25. The van der Waals surface area contributed by atoms with E-state index in [-0.39, 0.29) is 11.3 Å². The topological polar surface area (TPSA) is 63.7 Å². The number of ether oxygens (including phenoxy) is 2. The molecule has 0 aliphatic heterocycles. The Kier molecular flexibility index (Phi) is 7.65. The number of para-hydroxylation sites is 1. The zero-order chi connectivity index (χ0) is 25.0. The van der Waals surface area contributed by atoms with Gasteiger partial charge in [-0.3, -0.25) is 4.79 Å². The average molecular weight is 494 g/mol. The molecule has 0 spiro atoms. The summed E-state index contributed by atoms with van der Waals surface area (Å²) < 4.78 is 11.2. The van der Waals surface area contributed by atoms with E-state index in [1.807, 2.05) is 36.4 Å². The van der Waals surface area contributed by atoms with Gasteiger partial charge < -0.3 is 19.7 Å². The Balaban J connectivity index is 1.57. The number of nitrogens with zero attached hydrogens (tertiary/aromatic N) is 2. The van der Waals surface area contributed by atoms with Gasteiger partial charge in [0, 0.05) is 41.6 Å². The molecule has 0 saturated heterocycles. The molecule has 1 aliphatic carbocycles. The minimum absolute atomic E-state index is 0.00355. The number of carbonyl (C=O) groups excluding carboxylic acids is 1. The summed E-state index contributed by atoms with van der Waals surface area (Å²) in [6.45, 7) is 8.57. The van der Waals surface area contributed by atoms with Crippen LogP contribution in [0.4, 0.5) is 5.13 Å². The number of benzene rings is 2. The van der Waals surface area contributed by atoms with Gasteiger partial charge in [-0.15, -0.1) is 11.3 Å². The van der Waals surface area contributed by atoms with Crippen molar-refractivity contribution in [3.8, 4) is 11.5 Å². The van der Waals surface area contributed by atoms with Crippen LogP contribution in [-0.4, -0.2) is 31.7 Å². The summed E-state index contributed by atoms with van der Waals surface area (Å²) in [5, 5.41) is 6.12. The first-order valence-electron chi connectivity index (χ1n) is 12.1. The second kappa shape index (κ2) is 10.7. The van der Waals surface area contributed by atoms with E-state index >= 15 is 0 Å². The number of amides is 1. The largest absolute Gasteiger partial charge is 0.493 e. The highest BCUT2D eigenvalue weighted by Crippen LogP contribution is 2.35. The van der Waals surface area contributed by atoms with Gasteiger partial charge in [-0.25, -0.2) is 4.98 Å². The first-order valence-corrected chi connectivity index (χ1v) is 12.9. The third kappa shape index (κ3) is 6.34. The Morgan fingerprint density at radius 3 is 2.43 bits per heavy atom. The summed E-state index contributed by atoms with van der Waals surface area (Å²) in [7, 11) is 3.32. The summed E-state index contributed by atoms with van der Waals surface area (Å²) in [5.41, 5.74) is 3.87. The highest BCUT2D eigenvalue weighted by molar-refractivity contribution is 7.13. The van der Waals surface area contributed by atoms with Crippen LogP contribution in [0.25, 0.3) is 0 Å². The maximum absolute atomic E-state index is 12.4. The number of nitrogens with one attached hydrogen (secondary N) is 1. The quantitative estimate of drug-likeness (QED) is 0.386. The van der Waals surface area contributed by atoms with Crippen molar-refractivity contribution in [1.29, 1.82) is 0 Å². The number of aromatic nitrogens is 1. The number of hydrogen-bond acceptors (Lipinski definition) is 6. The number of methoxy groups -OCH3 is 2. The van der Waals surface area contributed by atoms with E-state index in [0.717, 1.165) is 34.2 Å². The second-order valence-electron chi connectivity index (χ2n) is 10.1. The predicted molar refractivity (Wildman–Crippen MR) is 142 cm³/mol. The molecule has 0 atom stereocenters. The minimum atomic E-state index is -0.0243. The number of anilines is 1. The van der Waals surface area contributed by atoms with E-state index in [1.165, 1.54) is 12.8 Å². The molecule has 35 heavy (non-hydrogen) atoms. The van der Waals surface area contributed by atoms with Gasteiger partial charge in [0.25, 0.3) is 5.91 Å². The van der Waals surface area contributed by atoms with Crippen LogP contribution >= 0.6 is 11.3 Å². The number of rotatable bonds is 10. The van der Waals surface area contributed by atoms with Gasteiger partial charge in [-0.2, -0.15) is 0 Å². The van der Waals surface area contributed by atoms with Crippen molar-refractivity contribution in [2.45, 2.75) is 52.1 Å². The van der Waals surface area contributed by atoms with Gasteiger partial charge >= 0.3 is 0 Å². The SMILES string of the molecule is COc1cccc(CN(Cc2ccc(C(=O)NCC3CC3)cc2)c2nc(C(C)(C)C)cs2)c1OC. The van der Waals surface area contributed by atoms with Crippen LogP contribution in [0.2, 0.25) is 0 Å². The van der Waals surface area contributed by atoms with Crippen LogP contribution in [0.1, 0.15) is 60.8 Å². The molecular formula is C28H35N3O3S. The molecule has 0 bridgehead atoms. The van der Waals surface area contributed by atoms with E-state index in [1.54, 1.807) is 25.6 Å². The lowest BCUT2D eigenvalue weighted by molar-refractivity contribution is 0.0952. The Bertz CT molecular complexity index is 1150. The summed E-state index contributed by atoms with van der Waals surface area (Å²) in [5.74, 6) is 2.10. The molecule has 1 aromatic heterocycles. The molecule has 0 unspecified atom stereocenters. The van der Waals surface area contributed by atoms with Crippen molar-refractivity contribution in [2.75, 3.05) is 25.7 Å². The van der Waals surface area contributed by atoms with Crippen LogP contribution in [-0.2, 0) is 18.5 Å². The van der Waals surface area contributed by atoms with Gasteiger partial charge in [0.2, 0.25) is 0 Å². The summed E-state index contributed by atoms with van der Waals surface area (Å²) >= 11 is 1.65. The van der Waals surface area contributed by atoms with Crippen LogP contribution in [0.15, 0.2) is 47.8 Å². The molecule has 1 saturated carbocycles. The van der Waals surface area contributed by atoms with Gasteiger partial charge in [-0.05, 0) is 42.5 Å². The summed E-state index contributed by atoms with van der Waals surface area (Å²) in [4.78, 5) is 19.7. The summed E-state index contributed by atoms with van der Waals surface area (Å²) in [6, 6.07) is 13.8. The molecule has 186 valence electrons. The molecule has 1 amide bonds. The van der Waals surface area contributed by atoms with Crippen LogP contribution in [0.5, 0.6) is 11.5 Å².